The molecular weight excluding hydrogens is 480 g/mol. The first-order valence-electron chi connectivity index (χ1n) is 15.3. The van der Waals surface area contributed by atoms with Gasteiger partial charge in [0.05, 0.1) is 22.8 Å². The number of H-pyrrole nitrogens is 1. The Balaban J connectivity index is 1.77. The zero-order chi connectivity index (χ0) is 32.0. The van der Waals surface area contributed by atoms with Crippen LogP contribution in [0, 0.1) is 0 Å². The van der Waals surface area contributed by atoms with Gasteiger partial charge in [-0.05, 0) is 63.8 Å². The van der Waals surface area contributed by atoms with Gasteiger partial charge >= 0.3 is 0 Å². The van der Waals surface area contributed by atoms with Crippen LogP contribution in [0.25, 0.3) is 22.4 Å². The van der Waals surface area contributed by atoms with E-state index in [0.29, 0.717) is 12.8 Å². The largest absolute Gasteiger partial charge is 0.493 e. The summed E-state index contributed by atoms with van der Waals surface area (Å²) in [5, 5.41) is 4.17. The van der Waals surface area contributed by atoms with Crippen LogP contribution in [0.4, 0.5) is 0 Å². The fourth-order valence-corrected chi connectivity index (χ4v) is 5.24. The van der Waals surface area contributed by atoms with E-state index >= 15 is 0 Å². The van der Waals surface area contributed by atoms with Crippen molar-refractivity contribution in [1.82, 2.24) is 29.4 Å². The lowest BCUT2D eigenvalue weighted by atomic mass is 10.1. The molecule has 0 bridgehead atoms. The molecule has 2 aromatic heterocycles. The Labute approximate surface area is 222 Å². The molecule has 0 saturated carbocycles. The quantitative estimate of drug-likeness (QED) is 0.396. The summed E-state index contributed by atoms with van der Waals surface area (Å²) in [6, 6.07) is 3.56. The van der Waals surface area contributed by atoms with Gasteiger partial charge in [-0.25, -0.2) is 18.1 Å². The number of sulfonamides is 1. The van der Waals surface area contributed by atoms with E-state index in [9.17, 15) is 13.2 Å². The lowest BCUT2D eigenvalue weighted by Gasteiger charge is -2.19. The van der Waals surface area contributed by atoms with Crippen molar-refractivity contribution in [2.75, 3.05) is 26.7 Å². The van der Waals surface area contributed by atoms with Gasteiger partial charge in [0.1, 0.15) is 17.1 Å². The smallest absolute Gasteiger partial charge is 0.277 e. The average molecular weight is 524 g/mol. The SMILES string of the molecule is [2H]C([2H])(CNS(=O)(=O)c1ccc(OCCC)c(-c2nc3c(CC([2H])([2H])C([2H])([2H])[2H])nn(C)c3c(=O)[nH]2)c1)C1CCCN1C. The van der Waals surface area contributed by atoms with Crippen molar-refractivity contribution >= 4 is 21.1 Å². The van der Waals surface area contributed by atoms with Crippen LogP contribution in [0.5, 0.6) is 5.75 Å². The van der Waals surface area contributed by atoms with Crippen LogP contribution in [0.2, 0.25) is 0 Å². The number of aryl methyl sites for hydroxylation is 2. The monoisotopic (exact) mass is 523 g/mol. The number of ether oxygens (including phenoxy) is 1. The number of benzene rings is 1. The number of hydrogen-bond acceptors (Lipinski definition) is 7. The maximum absolute atomic E-state index is 13.3. The highest BCUT2D eigenvalue weighted by Gasteiger charge is 2.23. The third-order valence-corrected chi connectivity index (χ3v) is 7.52. The highest BCUT2D eigenvalue weighted by molar-refractivity contribution is 7.89. The number of hydrogen-bond donors (Lipinski definition) is 2. The van der Waals surface area contributed by atoms with E-state index in [-0.39, 0.29) is 45.4 Å². The first kappa shape index (κ1) is 18.5. The van der Waals surface area contributed by atoms with Crippen molar-refractivity contribution < 1.29 is 22.7 Å². The molecule has 2 N–H and O–H groups in total. The topological polar surface area (TPSA) is 122 Å². The van der Waals surface area contributed by atoms with Crippen LogP contribution in [0.15, 0.2) is 27.9 Å². The Bertz CT molecular complexity index is 1660. The molecule has 11 heteroatoms. The molecule has 196 valence electrons. The highest BCUT2D eigenvalue weighted by Crippen LogP contribution is 2.31. The number of nitrogens with one attached hydrogen (secondary N) is 2. The van der Waals surface area contributed by atoms with Crippen LogP contribution < -0.4 is 15.0 Å². The van der Waals surface area contributed by atoms with Gasteiger partial charge in [0.2, 0.25) is 10.0 Å². The van der Waals surface area contributed by atoms with E-state index in [4.69, 9.17) is 14.3 Å². The molecule has 0 aliphatic carbocycles. The molecule has 0 radical (unpaired) electrons. The number of aromatic amines is 1. The minimum Gasteiger partial charge on any atom is -0.493 e. The predicted molar refractivity (Wildman–Crippen MR) is 140 cm³/mol. The summed E-state index contributed by atoms with van der Waals surface area (Å²) in [7, 11) is -0.963. The van der Waals surface area contributed by atoms with Crippen LogP contribution >= 0.6 is 0 Å². The van der Waals surface area contributed by atoms with Crippen molar-refractivity contribution in [3.63, 3.8) is 0 Å². The molecule has 1 fully saturated rings. The van der Waals surface area contributed by atoms with Gasteiger partial charge in [-0.1, -0.05) is 20.1 Å². The van der Waals surface area contributed by atoms with E-state index in [0.717, 1.165) is 13.0 Å². The molecule has 1 saturated heterocycles. The molecule has 10 nitrogen and oxygen atoms in total. The fourth-order valence-electron chi connectivity index (χ4n) is 4.28. The van der Waals surface area contributed by atoms with Crippen molar-refractivity contribution in [2.24, 2.45) is 7.05 Å². The first-order chi connectivity index (χ1) is 19.9. The van der Waals surface area contributed by atoms with Crippen LogP contribution in [-0.2, 0) is 23.5 Å². The standard InChI is InChI=1S/C25H36N6O4S/c1-5-8-20-22-23(31(4)29-20)25(32)28-24(27-22)19-16-18(10-11-21(19)35-15-6-2)36(33,34)26-13-12-17-9-7-14-30(17)3/h10-11,16-17,26H,5-9,12-15H2,1-4H3,(H,27,28,32)/i1D3,5D2,12D2. The lowest BCUT2D eigenvalue weighted by Crippen LogP contribution is -2.31. The fraction of sp³-hybridized carbons (Fsp3) is 0.560. The van der Waals surface area contributed by atoms with E-state index in [2.05, 4.69) is 19.8 Å². The van der Waals surface area contributed by atoms with Crippen molar-refractivity contribution in [2.45, 2.75) is 63.1 Å². The summed E-state index contributed by atoms with van der Waals surface area (Å²) in [6.07, 6.45) is -3.06. The van der Waals surface area contributed by atoms with Gasteiger partial charge in [0.15, 0.2) is 5.52 Å². The van der Waals surface area contributed by atoms with Gasteiger partial charge < -0.3 is 14.6 Å². The van der Waals surface area contributed by atoms with Crippen molar-refractivity contribution in [3.05, 3.63) is 34.2 Å². The van der Waals surface area contributed by atoms with E-state index < -0.39 is 54.2 Å². The molecule has 1 unspecified atom stereocenters. The minimum absolute atomic E-state index is 0.0133. The van der Waals surface area contributed by atoms with Gasteiger partial charge in [-0.3, -0.25) is 9.48 Å². The van der Waals surface area contributed by atoms with Crippen molar-refractivity contribution in [3.8, 4) is 17.1 Å². The Morgan fingerprint density at radius 1 is 1.36 bits per heavy atom. The highest BCUT2D eigenvalue weighted by atomic mass is 32.2. The second-order valence-electron chi connectivity index (χ2n) is 8.71. The van der Waals surface area contributed by atoms with Crippen LogP contribution in [0.1, 0.15) is 61.1 Å². The van der Waals surface area contributed by atoms with Crippen LogP contribution in [0.3, 0.4) is 0 Å². The summed E-state index contributed by atoms with van der Waals surface area (Å²) in [4.78, 5) is 21.9. The zero-order valence-electron chi connectivity index (χ0n) is 27.6. The normalized spacial score (nSPS) is 20.8. The molecule has 36 heavy (non-hydrogen) atoms. The summed E-state index contributed by atoms with van der Waals surface area (Å²) in [6.45, 7) is -0.518. The maximum Gasteiger partial charge on any atom is 0.277 e. The summed E-state index contributed by atoms with van der Waals surface area (Å²) >= 11 is 0. The van der Waals surface area contributed by atoms with Gasteiger partial charge in [0.25, 0.3) is 5.56 Å². The third kappa shape index (κ3) is 5.47. The molecular formula is C25H36N6O4S. The van der Waals surface area contributed by atoms with Crippen molar-refractivity contribution in [1.29, 1.82) is 0 Å². The Morgan fingerprint density at radius 3 is 2.92 bits per heavy atom. The second-order valence-corrected chi connectivity index (χ2v) is 10.5. The molecule has 4 rings (SSSR count). The Morgan fingerprint density at radius 2 is 2.19 bits per heavy atom. The molecule has 0 spiro atoms. The molecule has 1 atom stereocenters. The molecule has 3 aromatic rings. The Kier molecular flexibility index (Phi) is 5.70. The maximum atomic E-state index is 13.3. The third-order valence-electron chi connectivity index (χ3n) is 6.12. The molecule has 1 aromatic carbocycles. The molecule has 1 aliphatic rings. The lowest BCUT2D eigenvalue weighted by molar-refractivity contribution is 0.297. The first-order valence-corrected chi connectivity index (χ1v) is 13.3. The number of nitrogens with zero attached hydrogens (tertiary/aromatic N) is 4. The zero-order valence-corrected chi connectivity index (χ0v) is 21.4. The number of aromatic nitrogens is 4. The van der Waals surface area contributed by atoms with E-state index in [1.54, 1.807) is 7.05 Å². The van der Waals surface area contributed by atoms with Gasteiger partial charge in [-0.15, -0.1) is 0 Å². The summed E-state index contributed by atoms with van der Waals surface area (Å²) < 4.78 is 91.7. The van der Waals surface area contributed by atoms with E-state index in [1.807, 2.05) is 11.8 Å². The Hall–Kier alpha value is -2.76. The number of likely N-dealkylation sites (tertiary alicyclic amines) is 1. The van der Waals surface area contributed by atoms with Gasteiger partial charge in [-0.2, -0.15) is 5.10 Å². The second kappa shape index (κ2) is 11.1. The predicted octanol–water partition coefficient (Wildman–Crippen LogP) is 2.83. The van der Waals surface area contributed by atoms with Crippen LogP contribution in [-0.4, -0.2) is 65.9 Å². The van der Waals surface area contributed by atoms with E-state index in [1.165, 1.54) is 29.9 Å². The number of fused-ring (bicyclic) bond motifs is 1. The van der Waals surface area contributed by atoms with Gasteiger partial charge in [0, 0.05) is 29.2 Å². The number of rotatable bonds is 11. The summed E-state index contributed by atoms with van der Waals surface area (Å²) in [5.74, 6) is 0.127. The summed E-state index contributed by atoms with van der Waals surface area (Å²) in [5.41, 5.74) is -0.636. The molecule has 0 amide bonds. The average Bonchev–Trinajstić information content (AvgIpc) is 3.48. The molecule has 1 aliphatic heterocycles. The minimum atomic E-state index is -4.22. The molecule has 3 heterocycles.